The number of rotatable bonds is 6. The molecule has 2 aromatic rings. The maximum Gasteiger partial charge on any atom is 0.408 e. The van der Waals surface area contributed by atoms with Gasteiger partial charge in [0.1, 0.15) is 17.5 Å². The van der Waals surface area contributed by atoms with Crippen molar-refractivity contribution in [3.05, 3.63) is 48.3 Å². The average molecular weight is 420 g/mol. The summed E-state index contributed by atoms with van der Waals surface area (Å²) >= 11 is 1.55. The fraction of sp³-hybridized carbons (Fsp3) is 0.333. The number of carbonyl (C=O) groups excluding carboxylic acids is 2. The van der Waals surface area contributed by atoms with Gasteiger partial charge in [-0.3, -0.25) is 4.79 Å². The summed E-state index contributed by atoms with van der Waals surface area (Å²) in [5.74, 6) is -0.893. The lowest BCUT2D eigenvalue weighted by molar-refractivity contribution is -0.117. The van der Waals surface area contributed by atoms with E-state index in [0.717, 1.165) is 10.6 Å². The first kappa shape index (κ1) is 22.5. The van der Waals surface area contributed by atoms with Crippen LogP contribution in [-0.4, -0.2) is 29.9 Å². The van der Waals surface area contributed by atoms with Crippen molar-refractivity contribution in [1.29, 1.82) is 0 Å². The number of benzene rings is 2. The lowest BCUT2D eigenvalue weighted by atomic mass is 10.2. The minimum atomic E-state index is -0.846. The molecule has 29 heavy (non-hydrogen) atoms. The number of halogens is 1. The van der Waals surface area contributed by atoms with Crippen molar-refractivity contribution in [3.63, 3.8) is 0 Å². The molecule has 8 heteroatoms. The number of carbonyl (C=O) groups is 2. The van der Waals surface area contributed by atoms with Gasteiger partial charge >= 0.3 is 6.09 Å². The Morgan fingerprint density at radius 1 is 1.07 bits per heavy atom. The Morgan fingerprint density at radius 3 is 2.41 bits per heavy atom. The second kappa shape index (κ2) is 9.65. The maximum absolute atomic E-state index is 13.8. The number of hydrogen-bond acceptors (Lipinski definition) is 5. The molecular weight excluding hydrogens is 393 g/mol. The number of amides is 2. The molecule has 0 fully saturated rings. The van der Waals surface area contributed by atoms with E-state index in [1.165, 1.54) is 18.2 Å². The Balaban J connectivity index is 2.14. The van der Waals surface area contributed by atoms with Gasteiger partial charge in [0.25, 0.3) is 0 Å². The van der Waals surface area contributed by atoms with E-state index >= 15 is 0 Å². The van der Waals surface area contributed by atoms with Crippen molar-refractivity contribution >= 4 is 40.8 Å². The van der Waals surface area contributed by atoms with Gasteiger partial charge in [-0.25, -0.2) is 9.18 Å². The van der Waals surface area contributed by atoms with Gasteiger partial charge in [-0.05, 0) is 64.3 Å². The van der Waals surface area contributed by atoms with E-state index < -0.39 is 29.5 Å². The van der Waals surface area contributed by atoms with Crippen molar-refractivity contribution in [2.45, 2.75) is 44.2 Å². The average Bonchev–Trinajstić information content (AvgIpc) is 2.62. The number of thioether (sulfide) groups is 1. The Morgan fingerprint density at radius 2 is 1.76 bits per heavy atom. The molecule has 0 radical (unpaired) electrons. The Hall–Kier alpha value is -2.74. The van der Waals surface area contributed by atoms with Crippen LogP contribution in [0.25, 0.3) is 0 Å². The van der Waals surface area contributed by atoms with E-state index in [0.29, 0.717) is 11.4 Å². The van der Waals surface area contributed by atoms with Crippen LogP contribution in [-0.2, 0) is 9.53 Å². The molecule has 1 atom stereocenters. The van der Waals surface area contributed by atoms with Crippen molar-refractivity contribution < 1.29 is 18.7 Å². The van der Waals surface area contributed by atoms with Crippen LogP contribution in [0.1, 0.15) is 27.7 Å². The normalized spacial score (nSPS) is 12.1. The third-order valence-electron chi connectivity index (χ3n) is 3.74. The van der Waals surface area contributed by atoms with Crippen LogP contribution in [0.3, 0.4) is 0 Å². The SMILES string of the molecule is CSc1ccccc1Nc1cc(F)ccc1NC(=O)C(C)NC(=O)OC(C)(C)C. The van der Waals surface area contributed by atoms with Gasteiger partial charge in [0.2, 0.25) is 5.91 Å². The second-order valence-electron chi connectivity index (χ2n) is 7.37. The predicted molar refractivity (Wildman–Crippen MR) is 115 cm³/mol. The molecular formula is C21H26FN3O3S. The number of ether oxygens (including phenoxy) is 1. The Labute approximate surface area is 174 Å². The first-order chi connectivity index (χ1) is 13.6. The minimum Gasteiger partial charge on any atom is -0.444 e. The minimum absolute atomic E-state index is 0.394. The van der Waals surface area contributed by atoms with E-state index in [1.54, 1.807) is 39.5 Å². The Bertz CT molecular complexity index is 884. The third kappa shape index (κ3) is 6.98. The van der Waals surface area contributed by atoms with Crippen LogP contribution in [0.5, 0.6) is 0 Å². The van der Waals surface area contributed by atoms with E-state index in [-0.39, 0.29) is 0 Å². The highest BCUT2D eigenvalue weighted by molar-refractivity contribution is 7.98. The fourth-order valence-corrected chi connectivity index (χ4v) is 2.97. The zero-order chi connectivity index (χ0) is 21.6. The number of anilines is 3. The van der Waals surface area contributed by atoms with Crippen LogP contribution in [0, 0.1) is 5.82 Å². The predicted octanol–water partition coefficient (Wildman–Crippen LogP) is 5.14. The monoisotopic (exact) mass is 419 g/mol. The van der Waals surface area contributed by atoms with E-state index in [4.69, 9.17) is 4.74 Å². The first-order valence-electron chi connectivity index (χ1n) is 9.09. The first-order valence-corrected chi connectivity index (χ1v) is 10.3. The summed E-state index contributed by atoms with van der Waals surface area (Å²) in [5, 5.41) is 8.36. The molecule has 0 saturated heterocycles. The third-order valence-corrected chi connectivity index (χ3v) is 4.54. The molecule has 156 valence electrons. The summed E-state index contributed by atoms with van der Waals surface area (Å²) in [5.41, 5.74) is 0.925. The van der Waals surface area contributed by atoms with Gasteiger partial charge in [0, 0.05) is 4.90 Å². The van der Waals surface area contributed by atoms with Gasteiger partial charge in [0.05, 0.1) is 17.1 Å². The molecule has 6 nitrogen and oxygen atoms in total. The van der Waals surface area contributed by atoms with Crippen LogP contribution < -0.4 is 16.0 Å². The molecule has 3 N–H and O–H groups in total. The van der Waals surface area contributed by atoms with Gasteiger partial charge in [-0.15, -0.1) is 11.8 Å². The van der Waals surface area contributed by atoms with Crippen LogP contribution in [0.2, 0.25) is 0 Å². The highest BCUT2D eigenvalue weighted by Crippen LogP contribution is 2.31. The van der Waals surface area contributed by atoms with Crippen LogP contribution in [0.15, 0.2) is 47.4 Å². The smallest absolute Gasteiger partial charge is 0.408 e. The number of alkyl carbamates (subject to hydrolysis) is 1. The van der Waals surface area contributed by atoms with Gasteiger partial charge < -0.3 is 20.7 Å². The summed E-state index contributed by atoms with van der Waals surface area (Å²) in [6.07, 6.45) is 1.25. The molecule has 0 aliphatic rings. The highest BCUT2D eigenvalue weighted by atomic mass is 32.2. The largest absolute Gasteiger partial charge is 0.444 e. The van der Waals surface area contributed by atoms with Gasteiger partial charge in [-0.1, -0.05) is 12.1 Å². The van der Waals surface area contributed by atoms with Crippen molar-refractivity contribution in [2.75, 3.05) is 16.9 Å². The lowest BCUT2D eigenvalue weighted by Gasteiger charge is -2.22. The van der Waals surface area contributed by atoms with E-state index in [9.17, 15) is 14.0 Å². The zero-order valence-corrected chi connectivity index (χ0v) is 17.9. The molecule has 2 amide bonds. The van der Waals surface area contributed by atoms with Crippen molar-refractivity contribution in [2.24, 2.45) is 0 Å². The summed E-state index contributed by atoms with van der Waals surface area (Å²) in [7, 11) is 0. The maximum atomic E-state index is 13.8. The molecule has 2 rings (SSSR count). The highest BCUT2D eigenvalue weighted by Gasteiger charge is 2.21. The molecule has 0 heterocycles. The standard InChI is InChI=1S/C21H26FN3O3S/c1-13(23-20(27)28-21(2,3)4)19(26)25-15-11-10-14(22)12-17(15)24-16-8-6-7-9-18(16)29-5/h6-13,24H,1-5H3,(H,23,27)(H,25,26). The molecule has 2 aromatic carbocycles. The van der Waals surface area contributed by atoms with Crippen molar-refractivity contribution in [1.82, 2.24) is 5.32 Å². The molecule has 0 bridgehead atoms. The summed E-state index contributed by atoms with van der Waals surface area (Å²) in [6.45, 7) is 6.75. The summed E-state index contributed by atoms with van der Waals surface area (Å²) in [4.78, 5) is 25.4. The molecule has 0 spiro atoms. The number of hydrogen-bond donors (Lipinski definition) is 3. The summed E-state index contributed by atoms with van der Waals surface area (Å²) < 4.78 is 19.0. The number of para-hydroxylation sites is 1. The lowest BCUT2D eigenvalue weighted by Crippen LogP contribution is -2.44. The fourth-order valence-electron chi connectivity index (χ4n) is 2.41. The molecule has 0 aliphatic carbocycles. The van der Waals surface area contributed by atoms with Crippen LogP contribution in [0.4, 0.5) is 26.2 Å². The van der Waals surface area contributed by atoms with E-state index in [2.05, 4.69) is 16.0 Å². The van der Waals surface area contributed by atoms with Crippen LogP contribution >= 0.6 is 11.8 Å². The molecule has 0 aromatic heterocycles. The summed E-state index contributed by atoms with van der Waals surface area (Å²) in [6, 6.07) is 10.8. The quantitative estimate of drug-likeness (QED) is 0.565. The zero-order valence-electron chi connectivity index (χ0n) is 17.1. The number of nitrogens with one attached hydrogen (secondary N) is 3. The molecule has 1 unspecified atom stereocenters. The molecule has 0 saturated carbocycles. The molecule has 0 aliphatic heterocycles. The van der Waals surface area contributed by atoms with E-state index in [1.807, 2.05) is 30.5 Å². The van der Waals surface area contributed by atoms with Gasteiger partial charge in [0.15, 0.2) is 0 Å². The van der Waals surface area contributed by atoms with Gasteiger partial charge in [-0.2, -0.15) is 0 Å². The second-order valence-corrected chi connectivity index (χ2v) is 8.22. The topological polar surface area (TPSA) is 79.5 Å². The van der Waals surface area contributed by atoms with Crippen molar-refractivity contribution in [3.8, 4) is 0 Å². The Kier molecular flexibility index (Phi) is 7.50.